The summed E-state index contributed by atoms with van der Waals surface area (Å²) in [5.41, 5.74) is 1.10. The van der Waals surface area contributed by atoms with Crippen molar-refractivity contribution in [3.05, 3.63) is 48.5 Å². The number of sulfonamides is 1. The molecule has 7 heteroatoms. The Balaban J connectivity index is 1.88. The summed E-state index contributed by atoms with van der Waals surface area (Å²) in [7, 11) is -3.80. The molecule has 0 atom stereocenters. The Morgan fingerprint density at radius 2 is 1.96 bits per heavy atom. The lowest BCUT2D eigenvalue weighted by atomic mass is 10.2. The first-order chi connectivity index (χ1) is 12.0. The summed E-state index contributed by atoms with van der Waals surface area (Å²) in [6, 6.07) is 13.4. The van der Waals surface area contributed by atoms with E-state index in [1.165, 1.54) is 6.07 Å². The Labute approximate surface area is 147 Å². The van der Waals surface area contributed by atoms with Crippen LogP contribution in [0, 0.1) is 0 Å². The number of amides is 1. The minimum Gasteiger partial charge on any atom is -0.492 e. The van der Waals surface area contributed by atoms with Crippen LogP contribution in [0.1, 0.15) is 19.8 Å². The molecule has 0 radical (unpaired) electrons. The molecule has 0 spiro atoms. The largest absolute Gasteiger partial charge is 0.492 e. The average Bonchev–Trinajstić information content (AvgIpc) is 3.01. The van der Waals surface area contributed by atoms with Gasteiger partial charge >= 0.3 is 0 Å². The van der Waals surface area contributed by atoms with Crippen LogP contribution in [0.15, 0.2) is 53.4 Å². The average molecular weight is 360 g/mol. The first-order valence-electron chi connectivity index (χ1n) is 8.16. The zero-order valence-electron chi connectivity index (χ0n) is 13.9. The van der Waals surface area contributed by atoms with Crippen molar-refractivity contribution >= 4 is 27.3 Å². The number of nitrogens with one attached hydrogen (secondary N) is 1. The number of para-hydroxylation sites is 1. The van der Waals surface area contributed by atoms with Gasteiger partial charge in [-0.1, -0.05) is 18.2 Å². The maximum absolute atomic E-state index is 12.7. The maximum Gasteiger partial charge on any atom is 0.265 e. The zero-order valence-corrected chi connectivity index (χ0v) is 14.8. The van der Waals surface area contributed by atoms with Gasteiger partial charge in [-0.2, -0.15) is 0 Å². The first-order valence-corrected chi connectivity index (χ1v) is 9.64. The molecule has 3 rings (SSSR count). The van der Waals surface area contributed by atoms with E-state index in [0.29, 0.717) is 36.7 Å². The van der Waals surface area contributed by atoms with Gasteiger partial charge in [0.25, 0.3) is 10.0 Å². The first kappa shape index (κ1) is 17.3. The van der Waals surface area contributed by atoms with Crippen LogP contribution in [0.3, 0.4) is 0 Å². The van der Waals surface area contributed by atoms with E-state index < -0.39 is 10.0 Å². The van der Waals surface area contributed by atoms with E-state index in [-0.39, 0.29) is 10.8 Å². The molecule has 2 aromatic rings. The van der Waals surface area contributed by atoms with Crippen molar-refractivity contribution in [2.24, 2.45) is 0 Å². The van der Waals surface area contributed by atoms with Crippen molar-refractivity contribution in [1.82, 2.24) is 0 Å². The Morgan fingerprint density at radius 3 is 2.68 bits per heavy atom. The quantitative estimate of drug-likeness (QED) is 0.859. The molecule has 0 saturated carbocycles. The molecule has 6 nitrogen and oxygen atoms in total. The molecule has 0 bridgehead atoms. The molecule has 132 valence electrons. The Kier molecular flexibility index (Phi) is 4.94. The lowest BCUT2D eigenvalue weighted by Crippen LogP contribution is -2.23. The predicted octanol–water partition coefficient (Wildman–Crippen LogP) is 3.01. The normalized spacial score (nSPS) is 14.6. The minimum absolute atomic E-state index is 0.0571. The number of hydrogen-bond acceptors (Lipinski definition) is 4. The monoisotopic (exact) mass is 360 g/mol. The van der Waals surface area contributed by atoms with Crippen LogP contribution in [-0.2, 0) is 14.8 Å². The summed E-state index contributed by atoms with van der Waals surface area (Å²) < 4.78 is 33.4. The molecule has 0 unspecified atom stereocenters. The number of nitrogens with zero attached hydrogens (tertiary/aromatic N) is 1. The van der Waals surface area contributed by atoms with Gasteiger partial charge in [0, 0.05) is 18.7 Å². The molecule has 1 saturated heterocycles. The summed E-state index contributed by atoms with van der Waals surface area (Å²) in [4.78, 5) is 13.6. The topological polar surface area (TPSA) is 75.7 Å². The highest BCUT2D eigenvalue weighted by Crippen LogP contribution is 2.28. The fourth-order valence-corrected chi connectivity index (χ4v) is 4.01. The molecule has 1 aliphatic rings. The smallest absolute Gasteiger partial charge is 0.265 e. The number of carbonyl (C=O) groups is 1. The molecule has 1 amide bonds. The molecular weight excluding hydrogens is 340 g/mol. The number of hydrogen-bond donors (Lipinski definition) is 1. The molecule has 1 fully saturated rings. The van der Waals surface area contributed by atoms with Crippen molar-refractivity contribution < 1.29 is 17.9 Å². The van der Waals surface area contributed by atoms with E-state index in [0.717, 1.165) is 6.42 Å². The molecule has 0 aromatic heterocycles. The van der Waals surface area contributed by atoms with Gasteiger partial charge in [-0.25, -0.2) is 8.42 Å². The van der Waals surface area contributed by atoms with Gasteiger partial charge in [0.05, 0.1) is 12.3 Å². The minimum atomic E-state index is -3.80. The lowest BCUT2D eigenvalue weighted by Gasteiger charge is -2.17. The van der Waals surface area contributed by atoms with Crippen molar-refractivity contribution in [2.45, 2.75) is 24.7 Å². The molecule has 0 aliphatic carbocycles. The summed E-state index contributed by atoms with van der Waals surface area (Å²) in [5, 5.41) is 0. The highest BCUT2D eigenvalue weighted by molar-refractivity contribution is 7.92. The standard InChI is InChI=1S/C18H20N2O4S/c1-2-24-16-9-3-4-10-17(16)25(22,23)19-14-7-5-8-15(13-14)20-12-6-11-18(20)21/h3-5,7-10,13,19H,2,6,11-12H2,1H3. The fraction of sp³-hybridized carbons (Fsp3) is 0.278. The van der Waals surface area contributed by atoms with Crippen molar-refractivity contribution in [1.29, 1.82) is 0 Å². The molecule has 2 aromatic carbocycles. The highest BCUT2D eigenvalue weighted by Gasteiger charge is 2.23. The number of benzene rings is 2. The van der Waals surface area contributed by atoms with Crippen molar-refractivity contribution in [3.63, 3.8) is 0 Å². The molecule has 1 aliphatic heterocycles. The summed E-state index contributed by atoms with van der Waals surface area (Å²) >= 11 is 0. The van der Waals surface area contributed by atoms with Crippen LogP contribution in [0.5, 0.6) is 5.75 Å². The Morgan fingerprint density at radius 1 is 1.16 bits per heavy atom. The third kappa shape index (κ3) is 3.76. The van der Waals surface area contributed by atoms with Crippen molar-refractivity contribution in [2.75, 3.05) is 22.8 Å². The molecular formula is C18H20N2O4S. The second-order valence-electron chi connectivity index (χ2n) is 5.68. The number of anilines is 2. The summed E-state index contributed by atoms with van der Waals surface area (Å²) in [5.74, 6) is 0.366. The van der Waals surface area contributed by atoms with E-state index in [2.05, 4.69) is 4.72 Å². The van der Waals surface area contributed by atoms with E-state index in [1.807, 2.05) is 0 Å². The highest BCUT2D eigenvalue weighted by atomic mass is 32.2. The van der Waals surface area contributed by atoms with Crippen LogP contribution in [-0.4, -0.2) is 27.5 Å². The molecule has 1 N–H and O–H groups in total. The van der Waals surface area contributed by atoms with Gasteiger partial charge in [-0.15, -0.1) is 0 Å². The number of rotatable bonds is 6. The van der Waals surface area contributed by atoms with E-state index in [4.69, 9.17) is 4.74 Å². The van der Waals surface area contributed by atoms with Gasteiger partial charge in [-0.05, 0) is 43.7 Å². The van der Waals surface area contributed by atoms with Crippen molar-refractivity contribution in [3.8, 4) is 5.75 Å². The Bertz CT molecular complexity index is 880. The second kappa shape index (κ2) is 7.14. The molecule has 25 heavy (non-hydrogen) atoms. The van der Waals surface area contributed by atoms with Crippen LogP contribution >= 0.6 is 0 Å². The van der Waals surface area contributed by atoms with Gasteiger partial charge in [0.2, 0.25) is 5.91 Å². The predicted molar refractivity (Wildman–Crippen MR) is 96.4 cm³/mol. The van der Waals surface area contributed by atoms with Gasteiger partial charge in [0.15, 0.2) is 0 Å². The van der Waals surface area contributed by atoms with Gasteiger partial charge < -0.3 is 9.64 Å². The van der Waals surface area contributed by atoms with Gasteiger partial charge in [0.1, 0.15) is 10.6 Å². The molecule has 1 heterocycles. The third-order valence-corrected chi connectivity index (χ3v) is 5.34. The second-order valence-corrected chi connectivity index (χ2v) is 7.34. The lowest BCUT2D eigenvalue weighted by molar-refractivity contribution is -0.117. The number of ether oxygens (including phenoxy) is 1. The maximum atomic E-state index is 12.7. The van der Waals surface area contributed by atoms with E-state index >= 15 is 0 Å². The van der Waals surface area contributed by atoms with Crippen LogP contribution in [0.4, 0.5) is 11.4 Å². The third-order valence-electron chi connectivity index (χ3n) is 3.92. The summed E-state index contributed by atoms with van der Waals surface area (Å²) in [6.45, 7) is 2.83. The number of carbonyl (C=O) groups excluding carboxylic acids is 1. The van der Waals surface area contributed by atoms with Gasteiger partial charge in [-0.3, -0.25) is 9.52 Å². The van der Waals surface area contributed by atoms with E-state index in [1.54, 1.807) is 54.3 Å². The SMILES string of the molecule is CCOc1ccccc1S(=O)(=O)Nc1cccc(N2CCCC2=O)c1. The fourth-order valence-electron chi connectivity index (χ4n) is 2.82. The summed E-state index contributed by atoms with van der Waals surface area (Å²) in [6.07, 6.45) is 1.34. The van der Waals surface area contributed by atoms with Crippen LogP contribution in [0.25, 0.3) is 0 Å². The van der Waals surface area contributed by atoms with Crippen LogP contribution < -0.4 is 14.4 Å². The van der Waals surface area contributed by atoms with E-state index in [9.17, 15) is 13.2 Å². The van der Waals surface area contributed by atoms with Crippen LogP contribution in [0.2, 0.25) is 0 Å². The zero-order chi connectivity index (χ0) is 17.9. The Hall–Kier alpha value is -2.54.